The number of carbonyl (C=O) groups is 1. The lowest BCUT2D eigenvalue weighted by atomic mass is 10.2. The summed E-state index contributed by atoms with van der Waals surface area (Å²) in [6, 6.07) is 3.65. The second-order valence-corrected chi connectivity index (χ2v) is 4.30. The fourth-order valence-electron chi connectivity index (χ4n) is 1.81. The molecule has 3 heterocycles. The maximum Gasteiger partial charge on any atom is 0.344 e. The van der Waals surface area contributed by atoms with Crippen molar-refractivity contribution in [2.75, 3.05) is 0 Å². The van der Waals surface area contributed by atoms with Crippen molar-refractivity contribution in [3.8, 4) is 11.4 Å². The third-order valence-corrected chi connectivity index (χ3v) is 2.77. The predicted molar refractivity (Wildman–Crippen MR) is 65.7 cm³/mol. The predicted octanol–water partition coefficient (Wildman–Crippen LogP) is 0.455. The summed E-state index contributed by atoms with van der Waals surface area (Å²) >= 11 is 0. The highest BCUT2D eigenvalue weighted by molar-refractivity contribution is 5.66. The number of aryl methyl sites for hydroxylation is 2. The third-order valence-electron chi connectivity index (χ3n) is 2.77. The van der Waals surface area contributed by atoms with Gasteiger partial charge in [0.1, 0.15) is 6.42 Å². The summed E-state index contributed by atoms with van der Waals surface area (Å²) in [6.07, 6.45) is 3.67. The lowest BCUT2D eigenvalue weighted by molar-refractivity contribution is -0.695. The lowest BCUT2D eigenvalue weighted by Gasteiger charge is -1.95. The van der Waals surface area contributed by atoms with E-state index in [1.165, 1.54) is 4.63 Å². The van der Waals surface area contributed by atoms with Gasteiger partial charge in [-0.1, -0.05) is 4.63 Å². The van der Waals surface area contributed by atoms with Gasteiger partial charge in [-0.05, 0) is 0 Å². The van der Waals surface area contributed by atoms with Crippen LogP contribution in [0.5, 0.6) is 0 Å². The van der Waals surface area contributed by atoms with Gasteiger partial charge in [-0.3, -0.25) is 4.79 Å². The van der Waals surface area contributed by atoms with E-state index in [4.69, 9.17) is 9.52 Å². The molecular weight excluding hydrogens is 262 g/mol. The van der Waals surface area contributed by atoms with Crippen LogP contribution in [0.4, 0.5) is 0 Å². The van der Waals surface area contributed by atoms with E-state index in [0.29, 0.717) is 24.1 Å². The molecule has 0 radical (unpaired) electrons. The summed E-state index contributed by atoms with van der Waals surface area (Å²) in [5.74, 6) is 0.548. The number of hydrogen-bond donors (Lipinski definition) is 1. The molecule has 0 bridgehead atoms. The van der Waals surface area contributed by atoms with E-state index in [2.05, 4.69) is 15.2 Å². The van der Waals surface area contributed by atoms with Crippen LogP contribution in [0.3, 0.4) is 0 Å². The normalized spacial score (nSPS) is 11.1. The minimum Gasteiger partial charge on any atom is -0.481 e. The molecule has 1 N–H and O–H groups in total. The van der Waals surface area contributed by atoms with Gasteiger partial charge >= 0.3 is 11.8 Å². The first-order chi connectivity index (χ1) is 9.61. The van der Waals surface area contributed by atoms with E-state index < -0.39 is 5.97 Å². The number of rotatable bonds is 4. The van der Waals surface area contributed by atoms with Gasteiger partial charge in [-0.2, -0.15) is 4.98 Å². The molecule has 3 aromatic heterocycles. The fourth-order valence-corrected chi connectivity index (χ4v) is 1.81. The van der Waals surface area contributed by atoms with Gasteiger partial charge in [0.2, 0.25) is 5.89 Å². The molecular formula is C12H12N5O3+. The minimum absolute atomic E-state index is 0.0862. The Morgan fingerprint density at radius 2 is 2.15 bits per heavy atom. The molecule has 3 aromatic rings. The molecule has 0 atom stereocenters. The van der Waals surface area contributed by atoms with Crippen LogP contribution in [0.25, 0.3) is 17.2 Å². The topological polar surface area (TPSA) is 97.4 Å². The zero-order valence-corrected chi connectivity index (χ0v) is 10.7. The van der Waals surface area contributed by atoms with E-state index in [-0.39, 0.29) is 6.42 Å². The van der Waals surface area contributed by atoms with Crippen molar-refractivity contribution in [3.63, 3.8) is 0 Å². The average molecular weight is 274 g/mol. The summed E-state index contributed by atoms with van der Waals surface area (Å²) in [5, 5.41) is 16.9. The monoisotopic (exact) mass is 274 g/mol. The van der Waals surface area contributed by atoms with E-state index in [1.54, 1.807) is 23.9 Å². The number of pyridine rings is 1. The second-order valence-electron chi connectivity index (χ2n) is 4.30. The highest BCUT2D eigenvalue weighted by Crippen LogP contribution is 2.14. The number of carboxylic acid groups (broad SMARTS) is 1. The molecule has 0 amide bonds. The highest BCUT2D eigenvalue weighted by Gasteiger charge is 2.12. The number of nitrogens with zero attached hydrogens (tertiary/aromatic N) is 5. The van der Waals surface area contributed by atoms with Crippen LogP contribution >= 0.6 is 0 Å². The molecule has 0 unspecified atom stereocenters. The maximum absolute atomic E-state index is 10.5. The van der Waals surface area contributed by atoms with Crippen LogP contribution in [-0.4, -0.2) is 30.9 Å². The number of hydrogen-bond acceptors (Lipinski definition) is 5. The quantitative estimate of drug-likeness (QED) is 0.694. The third kappa shape index (κ3) is 2.35. The second kappa shape index (κ2) is 4.72. The molecule has 0 aliphatic heterocycles. The molecule has 0 aromatic carbocycles. The van der Waals surface area contributed by atoms with Crippen LogP contribution in [0, 0.1) is 6.92 Å². The van der Waals surface area contributed by atoms with Crippen molar-refractivity contribution in [1.29, 1.82) is 0 Å². The number of fused-ring (bicyclic) bond motifs is 1. The van der Waals surface area contributed by atoms with Gasteiger partial charge in [0, 0.05) is 24.6 Å². The Morgan fingerprint density at radius 1 is 1.40 bits per heavy atom. The Balaban J connectivity index is 1.82. The van der Waals surface area contributed by atoms with E-state index in [0.717, 1.165) is 5.56 Å². The first-order valence-corrected chi connectivity index (χ1v) is 6.03. The standard InChI is InChI=1S/C12H11N5O3/c1-8-14-17-12(20-8)13-11(15-17)9-2-5-16(6-3-9)7-4-10(18)19/h2-3,5-6H,4,7H2,1H3/p+1. The van der Waals surface area contributed by atoms with Crippen LogP contribution in [0.1, 0.15) is 12.3 Å². The molecule has 0 saturated carbocycles. The summed E-state index contributed by atoms with van der Waals surface area (Å²) < 4.78 is 8.40. The first kappa shape index (κ1) is 12.3. The average Bonchev–Trinajstić information content (AvgIpc) is 2.94. The van der Waals surface area contributed by atoms with Crippen LogP contribution in [0.2, 0.25) is 0 Å². The van der Waals surface area contributed by atoms with Gasteiger partial charge in [0.05, 0.1) is 0 Å². The zero-order chi connectivity index (χ0) is 14.1. The molecule has 0 aliphatic carbocycles. The minimum atomic E-state index is -0.820. The Kier molecular flexibility index (Phi) is 2.90. The smallest absolute Gasteiger partial charge is 0.344 e. The lowest BCUT2D eigenvalue weighted by Crippen LogP contribution is -2.33. The van der Waals surface area contributed by atoms with Crippen molar-refractivity contribution >= 4 is 11.8 Å². The summed E-state index contributed by atoms with van der Waals surface area (Å²) in [6.45, 7) is 2.15. The number of carboxylic acids is 1. The molecule has 20 heavy (non-hydrogen) atoms. The summed E-state index contributed by atoms with van der Waals surface area (Å²) in [7, 11) is 0. The van der Waals surface area contributed by atoms with E-state index >= 15 is 0 Å². The van der Waals surface area contributed by atoms with Gasteiger partial charge in [0.15, 0.2) is 24.8 Å². The molecule has 0 fully saturated rings. The molecule has 8 nitrogen and oxygen atoms in total. The van der Waals surface area contributed by atoms with Gasteiger partial charge in [-0.15, -0.1) is 10.2 Å². The summed E-state index contributed by atoms with van der Waals surface area (Å²) in [4.78, 5) is 14.7. The fraction of sp³-hybridized carbons (Fsp3) is 0.250. The SMILES string of the molecule is Cc1nn2nc(-c3cc[n+](CCC(=O)O)cc3)nc2o1. The van der Waals surface area contributed by atoms with Crippen molar-refractivity contribution in [2.24, 2.45) is 0 Å². The van der Waals surface area contributed by atoms with E-state index in [9.17, 15) is 4.79 Å². The molecule has 0 spiro atoms. The summed E-state index contributed by atoms with van der Waals surface area (Å²) in [5.41, 5.74) is 0.815. The van der Waals surface area contributed by atoms with E-state index in [1.807, 2.05) is 12.1 Å². The largest absolute Gasteiger partial charge is 0.481 e. The Morgan fingerprint density at radius 3 is 2.80 bits per heavy atom. The van der Waals surface area contributed by atoms with Crippen molar-refractivity contribution in [3.05, 3.63) is 30.4 Å². The first-order valence-electron chi connectivity index (χ1n) is 6.03. The van der Waals surface area contributed by atoms with Crippen molar-refractivity contribution in [1.82, 2.24) is 19.8 Å². The number of aromatic nitrogens is 5. The van der Waals surface area contributed by atoms with Gasteiger partial charge < -0.3 is 9.52 Å². The Hall–Kier alpha value is -2.77. The number of aliphatic carboxylic acids is 1. The Bertz CT molecular complexity index is 728. The van der Waals surface area contributed by atoms with Gasteiger partial charge in [-0.25, -0.2) is 4.57 Å². The molecule has 0 aliphatic rings. The van der Waals surface area contributed by atoms with Crippen molar-refractivity contribution in [2.45, 2.75) is 19.9 Å². The molecule has 102 valence electrons. The molecule has 8 heteroatoms. The van der Waals surface area contributed by atoms with Crippen LogP contribution in [0.15, 0.2) is 28.9 Å². The van der Waals surface area contributed by atoms with Gasteiger partial charge in [0.25, 0.3) is 0 Å². The van der Waals surface area contributed by atoms with Crippen LogP contribution in [-0.2, 0) is 11.3 Å². The molecule has 3 rings (SSSR count). The Labute approximate surface area is 113 Å². The zero-order valence-electron chi connectivity index (χ0n) is 10.7. The highest BCUT2D eigenvalue weighted by atomic mass is 16.4. The van der Waals surface area contributed by atoms with Crippen LogP contribution < -0.4 is 4.57 Å². The maximum atomic E-state index is 10.5. The van der Waals surface area contributed by atoms with Crippen molar-refractivity contribution < 1.29 is 18.9 Å². The molecule has 0 saturated heterocycles.